The molecular weight excluding hydrogens is 180 g/mol. The molecule has 0 aliphatic heterocycles. The average Bonchev–Trinajstić information content (AvgIpc) is 2.32. The summed E-state index contributed by atoms with van der Waals surface area (Å²) in [5.74, 6) is 2.98. The van der Waals surface area contributed by atoms with E-state index in [1.165, 1.54) is 44.9 Å². The summed E-state index contributed by atoms with van der Waals surface area (Å²) in [5.41, 5.74) is 0. The van der Waals surface area contributed by atoms with Crippen molar-refractivity contribution in [3.05, 3.63) is 0 Å². The molecule has 1 rings (SSSR count). The predicted octanol–water partition coefficient (Wildman–Crippen LogP) is 5.67. The maximum atomic E-state index is 2.48. The third-order valence-corrected chi connectivity index (χ3v) is 4.03. The largest absolute Gasteiger partial charge is 0.0683 e. The Kier molecular flexibility index (Phi) is 9.24. The monoisotopic (exact) mass is 212 g/mol. The third-order valence-electron chi connectivity index (χ3n) is 4.03. The molecule has 0 heteroatoms. The van der Waals surface area contributed by atoms with E-state index in [1.54, 1.807) is 0 Å². The van der Waals surface area contributed by atoms with Crippen LogP contribution < -0.4 is 0 Å². The fourth-order valence-electron chi connectivity index (χ4n) is 2.84. The Labute approximate surface area is 97.8 Å². The molecule has 0 saturated heterocycles. The molecule has 0 heterocycles. The molecule has 92 valence electrons. The maximum absolute atomic E-state index is 2.48. The smallest absolute Gasteiger partial charge is 0.0386 e. The van der Waals surface area contributed by atoms with Gasteiger partial charge in [-0.3, -0.25) is 0 Å². The zero-order chi connectivity index (χ0) is 11.7. The lowest BCUT2D eigenvalue weighted by Gasteiger charge is -2.31. The van der Waals surface area contributed by atoms with Gasteiger partial charge in [-0.2, -0.15) is 0 Å². The second-order valence-electron chi connectivity index (χ2n) is 5.02. The summed E-state index contributed by atoms with van der Waals surface area (Å²) in [6.45, 7) is 11.2. The summed E-state index contributed by atoms with van der Waals surface area (Å²) >= 11 is 0. The first-order valence-corrected chi connectivity index (χ1v) is 7.25. The highest BCUT2D eigenvalue weighted by atomic mass is 14.3. The van der Waals surface area contributed by atoms with E-state index in [9.17, 15) is 0 Å². The van der Waals surface area contributed by atoms with Crippen molar-refractivity contribution in [2.75, 3.05) is 0 Å². The first-order chi connectivity index (χ1) is 7.25. The van der Waals surface area contributed by atoms with Gasteiger partial charge in [-0.15, -0.1) is 0 Å². The topological polar surface area (TPSA) is 0 Å². The molecule has 0 aromatic heterocycles. The van der Waals surface area contributed by atoms with E-state index < -0.39 is 0 Å². The Morgan fingerprint density at radius 2 is 1.53 bits per heavy atom. The van der Waals surface area contributed by atoms with Crippen LogP contribution in [0.4, 0.5) is 0 Å². The highest BCUT2D eigenvalue weighted by Crippen LogP contribution is 2.34. The van der Waals surface area contributed by atoms with Gasteiger partial charge in [0.1, 0.15) is 0 Å². The van der Waals surface area contributed by atoms with E-state index in [-0.39, 0.29) is 0 Å². The van der Waals surface area contributed by atoms with Gasteiger partial charge in [-0.1, -0.05) is 79.6 Å². The van der Waals surface area contributed by atoms with Gasteiger partial charge in [-0.25, -0.2) is 0 Å². The fourth-order valence-corrected chi connectivity index (χ4v) is 2.84. The Balaban J connectivity index is 0.000000921. The van der Waals surface area contributed by atoms with Crippen molar-refractivity contribution in [1.29, 1.82) is 0 Å². The summed E-state index contributed by atoms with van der Waals surface area (Å²) in [5, 5.41) is 0. The number of rotatable bonds is 4. The van der Waals surface area contributed by atoms with Crippen molar-refractivity contribution in [3.63, 3.8) is 0 Å². The minimum absolute atomic E-state index is 0.952. The van der Waals surface area contributed by atoms with Crippen LogP contribution in [0.1, 0.15) is 79.6 Å². The minimum Gasteiger partial charge on any atom is -0.0683 e. The molecule has 2 unspecified atom stereocenters. The first kappa shape index (κ1) is 15.0. The molecule has 0 radical (unpaired) electrons. The lowest BCUT2D eigenvalue weighted by molar-refractivity contribution is 0.196. The third kappa shape index (κ3) is 5.58. The molecular formula is C15H32. The van der Waals surface area contributed by atoms with Crippen LogP contribution in [0.25, 0.3) is 0 Å². The summed E-state index contributed by atoms with van der Waals surface area (Å²) in [6.07, 6.45) is 10.3. The van der Waals surface area contributed by atoms with Crippen LogP contribution in [0.3, 0.4) is 0 Å². The van der Waals surface area contributed by atoms with E-state index >= 15 is 0 Å². The molecule has 15 heavy (non-hydrogen) atoms. The van der Waals surface area contributed by atoms with Crippen LogP contribution in [-0.4, -0.2) is 0 Å². The van der Waals surface area contributed by atoms with Gasteiger partial charge < -0.3 is 0 Å². The van der Waals surface area contributed by atoms with E-state index in [0.717, 1.165) is 17.8 Å². The molecule has 0 aromatic carbocycles. The molecule has 0 spiro atoms. The van der Waals surface area contributed by atoms with Crippen LogP contribution in [0, 0.1) is 17.8 Å². The minimum atomic E-state index is 0.952. The van der Waals surface area contributed by atoms with Crippen molar-refractivity contribution >= 4 is 0 Å². The lowest BCUT2D eigenvalue weighted by atomic mass is 9.74. The summed E-state index contributed by atoms with van der Waals surface area (Å²) in [4.78, 5) is 0. The summed E-state index contributed by atoms with van der Waals surface area (Å²) in [7, 11) is 0. The summed E-state index contributed by atoms with van der Waals surface area (Å²) in [6, 6.07) is 0. The Morgan fingerprint density at radius 3 is 2.00 bits per heavy atom. The molecule has 0 nitrogen and oxygen atoms in total. The van der Waals surface area contributed by atoms with Crippen LogP contribution in [0.15, 0.2) is 0 Å². The van der Waals surface area contributed by atoms with Gasteiger partial charge in [0.15, 0.2) is 0 Å². The number of hydrogen-bond donors (Lipinski definition) is 0. The highest BCUT2D eigenvalue weighted by Gasteiger charge is 2.23. The SMILES string of the molecule is CC.CCCC(C)C(C)C1CCCCC1. The summed E-state index contributed by atoms with van der Waals surface area (Å²) < 4.78 is 0. The van der Waals surface area contributed by atoms with Crippen molar-refractivity contribution in [3.8, 4) is 0 Å². The van der Waals surface area contributed by atoms with Gasteiger partial charge in [0.25, 0.3) is 0 Å². The van der Waals surface area contributed by atoms with Crippen LogP contribution in [0.5, 0.6) is 0 Å². The second-order valence-corrected chi connectivity index (χ2v) is 5.02. The molecule has 2 atom stereocenters. The molecule has 1 aliphatic carbocycles. The van der Waals surface area contributed by atoms with E-state index in [0.29, 0.717) is 0 Å². The molecule has 0 aromatic rings. The predicted molar refractivity (Wildman–Crippen MR) is 71.2 cm³/mol. The zero-order valence-electron chi connectivity index (χ0n) is 11.7. The van der Waals surface area contributed by atoms with Gasteiger partial charge in [0.05, 0.1) is 0 Å². The van der Waals surface area contributed by atoms with Crippen molar-refractivity contribution in [2.45, 2.75) is 79.6 Å². The standard InChI is InChI=1S/C13H26.C2H6/c1-4-8-11(2)12(3)13-9-6-5-7-10-13;1-2/h11-13H,4-10H2,1-3H3;1-2H3. The lowest BCUT2D eigenvalue weighted by Crippen LogP contribution is -2.21. The van der Waals surface area contributed by atoms with E-state index in [4.69, 9.17) is 0 Å². The Bertz CT molecular complexity index is 122. The van der Waals surface area contributed by atoms with Gasteiger partial charge in [0.2, 0.25) is 0 Å². The van der Waals surface area contributed by atoms with Gasteiger partial charge in [0, 0.05) is 0 Å². The molecule has 1 aliphatic rings. The first-order valence-electron chi connectivity index (χ1n) is 7.25. The fraction of sp³-hybridized carbons (Fsp3) is 1.00. The number of hydrogen-bond acceptors (Lipinski definition) is 0. The van der Waals surface area contributed by atoms with Gasteiger partial charge in [-0.05, 0) is 17.8 Å². The van der Waals surface area contributed by atoms with Crippen LogP contribution >= 0.6 is 0 Å². The molecule has 0 N–H and O–H groups in total. The van der Waals surface area contributed by atoms with Crippen molar-refractivity contribution in [2.24, 2.45) is 17.8 Å². The zero-order valence-corrected chi connectivity index (χ0v) is 11.7. The molecule has 1 saturated carbocycles. The van der Waals surface area contributed by atoms with Crippen LogP contribution in [0.2, 0.25) is 0 Å². The normalized spacial score (nSPS) is 21.4. The second kappa shape index (κ2) is 9.24. The molecule has 1 fully saturated rings. The van der Waals surface area contributed by atoms with E-state index in [1.807, 2.05) is 13.8 Å². The Morgan fingerprint density at radius 1 is 1.00 bits per heavy atom. The molecule has 0 amide bonds. The molecule has 0 bridgehead atoms. The average molecular weight is 212 g/mol. The quantitative estimate of drug-likeness (QED) is 0.563. The highest BCUT2D eigenvalue weighted by molar-refractivity contribution is 4.74. The van der Waals surface area contributed by atoms with E-state index in [2.05, 4.69) is 20.8 Å². The van der Waals surface area contributed by atoms with Crippen molar-refractivity contribution < 1.29 is 0 Å². The van der Waals surface area contributed by atoms with Crippen LogP contribution in [-0.2, 0) is 0 Å². The maximum Gasteiger partial charge on any atom is -0.0386 e. The Hall–Kier alpha value is 0. The van der Waals surface area contributed by atoms with Gasteiger partial charge >= 0.3 is 0 Å². The van der Waals surface area contributed by atoms with Crippen molar-refractivity contribution in [1.82, 2.24) is 0 Å².